The normalized spacial score (nSPS) is 16.4. The van der Waals surface area contributed by atoms with Gasteiger partial charge in [0.25, 0.3) is 11.7 Å². The van der Waals surface area contributed by atoms with Crippen molar-refractivity contribution in [1.82, 2.24) is 0 Å². The summed E-state index contributed by atoms with van der Waals surface area (Å²) in [6, 6.07) is 30.5. The Hall–Kier alpha value is -5.15. The number of hydrogen-bond donors (Lipinski definition) is 1. The number of anilines is 1. The molecule has 1 aliphatic rings. The number of ether oxygens (including phenoxy) is 1. The lowest BCUT2D eigenvalue weighted by molar-refractivity contribution is -0.132. The molecule has 4 aromatic carbocycles. The van der Waals surface area contributed by atoms with Crippen molar-refractivity contribution < 1.29 is 19.4 Å². The summed E-state index contributed by atoms with van der Waals surface area (Å²) in [6.07, 6.45) is 0. The zero-order valence-corrected chi connectivity index (χ0v) is 24.1. The van der Waals surface area contributed by atoms with Crippen LogP contribution in [0.25, 0.3) is 5.76 Å². The molecule has 6 heteroatoms. The maximum Gasteiger partial charge on any atom is 0.300 e. The predicted octanol–water partition coefficient (Wildman–Crippen LogP) is 7.37. The lowest BCUT2D eigenvalue weighted by Gasteiger charge is -2.26. The van der Waals surface area contributed by atoms with Crippen molar-refractivity contribution >= 4 is 23.1 Å². The summed E-state index contributed by atoms with van der Waals surface area (Å²) in [5.41, 5.74) is 4.82. The van der Waals surface area contributed by atoms with Crippen LogP contribution in [-0.2, 0) is 21.6 Å². The first kappa shape index (κ1) is 28.4. The first-order chi connectivity index (χ1) is 20.1. The number of aliphatic hydroxyl groups is 1. The van der Waals surface area contributed by atoms with Crippen molar-refractivity contribution in [1.29, 1.82) is 5.26 Å². The topological polar surface area (TPSA) is 90.6 Å². The van der Waals surface area contributed by atoms with Crippen LogP contribution in [0.5, 0.6) is 5.75 Å². The SMILES string of the molecule is Cc1cc(/C(O)=C2/C(=O)C(=O)N(c3ccc(C#N)cc3)C2c2ccc(C(C)(C)C)cc2)ccc1OCc1ccccc1. The van der Waals surface area contributed by atoms with Gasteiger partial charge in [0, 0.05) is 11.3 Å². The van der Waals surface area contributed by atoms with E-state index in [-0.39, 0.29) is 16.7 Å². The largest absolute Gasteiger partial charge is 0.507 e. The summed E-state index contributed by atoms with van der Waals surface area (Å²) in [7, 11) is 0. The number of aryl methyl sites for hydroxylation is 1. The molecule has 1 unspecified atom stereocenters. The Morgan fingerprint density at radius 2 is 1.60 bits per heavy atom. The third-order valence-electron chi connectivity index (χ3n) is 7.50. The van der Waals surface area contributed by atoms with Crippen LogP contribution < -0.4 is 9.64 Å². The third kappa shape index (κ3) is 5.55. The first-order valence-electron chi connectivity index (χ1n) is 13.8. The summed E-state index contributed by atoms with van der Waals surface area (Å²) in [4.78, 5) is 28.5. The maximum atomic E-state index is 13.6. The highest BCUT2D eigenvalue weighted by molar-refractivity contribution is 6.51. The van der Waals surface area contributed by atoms with Crippen LogP contribution in [0.2, 0.25) is 0 Å². The van der Waals surface area contributed by atoms with E-state index in [4.69, 9.17) is 4.74 Å². The van der Waals surface area contributed by atoms with E-state index >= 15 is 0 Å². The number of amides is 1. The van der Waals surface area contributed by atoms with Gasteiger partial charge in [0.05, 0.1) is 23.2 Å². The van der Waals surface area contributed by atoms with E-state index < -0.39 is 17.7 Å². The lowest BCUT2D eigenvalue weighted by Crippen LogP contribution is -2.29. The fourth-order valence-corrected chi connectivity index (χ4v) is 5.13. The molecule has 1 amide bonds. The molecule has 0 spiro atoms. The fourth-order valence-electron chi connectivity index (χ4n) is 5.13. The number of benzene rings is 4. The summed E-state index contributed by atoms with van der Waals surface area (Å²) in [5.74, 6) is -1.12. The van der Waals surface area contributed by atoms with Gasteiger partial charge in [-0.25, -0.2) is 0 Å². The smallest absolute Gasteiger partial charge is 0.300 e. The Bertz CT molecular complexity index is 1710. The molecule has 1 fully saturated rings. The molecule has 42 heavy (non-hydrogen) atoms. The number of aliphatic hydroxyl groups excluding tert-OH is 1. The number of nitriles is 1. The van der Waals surface area contributed by atoms with Gasteiger partial charge in [-0.05, 0) is 77.1 Å². The number of hydrogen-bond acceptors (Lipinski definition) is 5. The quantitative estimate of drug-likeness (QED) is 0.152. The van der Waals surface area contributed by atoms with E-state index in [2.05, 4.69) is 26.8 Å². The van der Waals surface area contributed by atoms with Crippen LogP contribution in [0.4, 0.5) is 5.69 Å². The predicted molar refractivity (Wildman–Crippen MR) is 163 cm³/mol. The van der Waals surface area contributed by atoms with E-state index in [1.54, 1.807) is 42.5 Å². The maximum absolute atomic E-state index is 13.6. The monoisotopic (exact) mass is 556 g/mol. The van der Waals surface area contributed by atoms with E-state index in [0.29, 0.717) is 34.7 Å². The second kappa shape index (κ2) is 11.4. The highest BCUT2D eigenvalue weighted by Gasteiger charge is 2.47. The summed E-state index contributed by atoms with van der Waals surface area (Å²) in [6.45, 7) is 8.60. The molecule has 4 aromatic rings. The second-order valence-corrected chi connectivity index (χ2v) is 11.5. The number of nitrogens with zero attached hydrogens (tertiary/aromatic N) is 2. The van der Waals surface area contributed by atoms with Gasteiger partial charge in [-0.15, -0.1) is 0 Å². The minimum atomic E-state index is -0.860. The zero-order valence-electron chi connectivity index (χ0n) is 24.1. The number of carbonyl (C=O) groups excluding carboxylic acids is 2. The average Bonchev–Trinajstić information content (AvgIpc) is 3.26. The molecule has 5 rings (SSSR count). The van der Waals surface area contributed by atoms with E-state index in [1.165, 1.54) is 4.90 Å². The minimum Gasteiger partial charge on any atom is -0.507 e. The van der Waals surface area contributed by atoms with Crippen molar-refractivity contribution in [2.75, 3.05) is 4.90 Å². The standard InChI is InChI=1S/C36H32N2O4/c1-23-20-27(14-19-30(23)42-22-25-8-6-5-7-9-25)33(39)31-32(26-12-15-28(16-13-26)36(2,3)4)38(35(41)34(31)40)29-17-10-24(21-37)11-18-29/h5-20,32,39H,22H2,1-4H3/b33-31-. The molecule has 0 radical (unpaired) electrons. The Morgan fingerprint density at radius 1 is 0.929 bits per heavy atom. The second-order valence-electron chi connectivity index (χ2n) is 11.5. The van der Waals surface area contributed by atoms with Crippen LogP contribution >= 0.6 is 0 Å². The van der Waals surface area contributed by atoms with E-state index in [9.17, 15) is 20.0 Å². The molecule has 1 atom stereocenters. The molecule has 6 nitrogen and oxygen atoms in total. The van der Waals surface area contributed by atoms with Crippen LogP contribution in [0.15, 0.2) is 103 Å². The highest BCUT2D eigenvalue weighted by Crippen LogP contribution is 2.43. The third-order valence-corrected chi connectivity index (χ3v) is 7.50. The van der Waals surface area contributed by atoms with Gasteiger partial charge in [-0.1, -0.05) is 75.4 Å². The van der Waals surface area contributed by atoms with Gasteiger partial charge in [-0.2, -0.15) is 5.26 Å². The summed E-state index contributed by atoms with van der Waals surface area (Å²) >= 11 is 0. The van der Waals surface area contributed by atoms with Crippen molar-refractivity contribution in [3.63, 3.8) is 0 Å². The van der Waals surface area contributed by atoms with E-state index in [0.717, 1.165) is 16.7 Å². The van der Waals surface area contributed by atoms with Crippen LogP contribution in [0.3, 0.4) is 0 Å². The minimum absolute atomic E-state index is 0.00484. The Labute approximate surface area is 246 Å². The Balaban J connectivity index is 1.57. The average molecular weight is 557 g/mol. The van der Waals surface area contributed by atoms with Crippen molar-refractivity contribution in [3.8, 4) is 11.8 Å². The summed E-state index contributed by atoms with van der Waals surface area (Å²) < 4.78 is 5.99. The van der Waals surface area contributed by atoms with Gasteiger partial charge in [-0.3, -0.25) is 14.5 Å². The van der Waals surface area contributed by atoms with Gasteiger partial charge in [0.2, 0.25) is 0 Å². The van der Waals surface area contributed by atoms with Crippen molar-refractivity contribution in [3.05, 3.63) is 136 Å². The molecule has 1 saturated heterocycles. The highest BCUT2D eigenvalue weighted by atomic mass is 16.5. The molecule has 0 saturated carbocycles. The van der Waals surface area contributed by atoms with Gasteiger partial charge >= 0.3 is 0 Å². The molecule has 1 aliphatic heterocycles. The number of ketones is 1. The van der Waals surface area contributed by atoms with Crippen molar-refractivity contribution in [2.45, 2.75) is 45.8 Å². The molecule has 210 valence electrons. The fraction of sp³-hybridized carbons (Fsp3) is 0.194. The van der Waals surface area contributed by atoms with Crippen LogP contribution in [-0.4, -0.2) is 16.8 Å². The Kier molecular flexibility index (Phi) is 7.69. The zero-order chi connectivity index (χ0) is 30.0. The van der Waals surface area contributed by atoms with Gasteiger partial charge < -0.3 is 9.84 Å². The summed E-state index contributed by atoms with van der Waals surface area (Å²) in [5, 5.41) is 20.8. The number of Topliss-reactive ketones (excluding diaryl/α,β-unsaturated/α-hetero) is 1. The molecule has 1 heterocycles. The Morgan fingerprint density at radius 3 is 2.19 bits per heavy atom. The van der Waals surface area contributed by atoms with Crippen LogP contribution in [0, 0.1) is 18.3 Å². The molecule has 1 N–H and O–H groups in total. The lowest BCUT2D eigenvalue weighted by atomic mass is 9.85. The van der Waals surface area contributed by atoms with Gasteiger partial charge in [0.15, 0.2) is 0 Å². The van der Waals surface area contributed by atoms with Crippen molar-refractivity contribution in [2.24, 2.45) is 0 Å². The molecular weight excluding hydrogens is 524 g/mol. The molecule has 0 aromatic heterocycles. The van der Waals surface area contributed by atoms with Crippen LogP contribution in [0.1, 0.15) is 60.2 Å². The molecule has 0 aliphatic carbocycles. The number of carbonyl (C=O) groups is 2. The molecule has 0 bridgehead atoms. The molecular formula is C36H32N2O4. The van der Waals surface area contributed by atoms with Gasteiger partial charge in [0.1, 0.15) is 18.1 Å². The first-order valence-corrected chi connectivity index (χ1v) is 13.8. The van der Waals surface area contributed by atoms with E-state index in [1.807, 2.05) is 61.5 Å². The number of rotatable bonds is 6.